The van der Waals surface area contributed by atoms with Crippen molar-refractivity contribution >= 4 is 11.8 Å². The van der Waals surface area contributed by atoms with Gasteiger partial charge in [0.25, 0.3) is 0 Å². The Morgan fingerprint density at radius 2 is 1.79 bits per heavy atom. The topological polar surface area (TPSA) is 74.6 Å². The molecule has 0 aromatic heterocycles. The molecule has 0 fully saturated rings. The summed E-state index contributed by atoms with van der Waals surface area (Å²) in [5.74, 6) is -0.697. The Hall–Kier alpha value is -1.16. The molecule has 0 amide bonds. The Morgan fingerprint density at radius 1 is 1.12 bits per heavy atom. The molecular formula is C20H34O4. The van der Waals surface area contributed by atoms with E-state index in [1.165, 1.54) is 44.1 Å². The van der Waals surface area contributed by atoms with Crippen LogP contribution in [0.25, 0.3) is 0 Å². The van der Waals surface area contributed by atoms with Gasteiger partial charge in [0.15, 0.2) is 6.10 Å². The quantitative estimate of drug-likeness (QED) is 0.357. The minimum atomic E-state index is -1.25. The zero-order chi connectivity index (χ0) is 17.8. The lowest BCUT2D eigenvalue weighted by molar-refractivity contribution is -0.146. The molecule has 0 aliphatic heterocycles. The van der Waals surface area contributed by atoms with Gasteiger partial charge in [-0.2, -0.15) is 0 Å². The monoisotopic (exact) mass is 338 g/mol. The predicted octanol–water partition coefficient (Wildman–Crippen LogP) is 4.65. The third kappa shape index (κ3) is 8.09. The number of hydrogen-bond donors (Lipinski definition) is 2. The van der Waals surface area contributed by atoms with Crippen molar-refractivity contribution in [3.05, 3.63) is 11.6 Å². The molecule has 138 valence electrons. The molecule has 1 aliphatic carbocycles. The average molecular weight is 338 g/mol. The zero-order valence-corrected chi connectivity index (χ0v) is 15.1. The smallest absolute Gasteiger partial charge is 0.332 e. The molecule has 24 heavy (non-hydrogen) atoms. The molecule has 0 heterocycles. The van der Waals surface area contributed by atoms with Crippen LogP contribution in [0.4, 0.5) is 0 Å². The van der Waals surface area contributed by atoms with Gasteiger partial charge in [-0.1, -0.05) is 69.9 Å². The zero-order valence-electron chi connectivity index (χ0n) is 15.1. The van der Waals surface area contributed by atoms with E-state index in [-0.39, 0.29) is 5.92 Å². The van der Waals surface area contributed by atoms with Gasteiger partial charge in [-0.15, -0.1) is 0 Å². The van der Waals surface area contributed by atoms with E-state index in [2.05, 4.69) is 13.0 Å². The summed E-state index contributed by atoms with van der Waals surface area (Å²) in [6.45, 7) is 2.22. The third-order valence-corrected chi connectivity index (χ3v) is 4.98. The van der Waals surface area contributed by atoms with E-state index >= 15 is 0 Å². The van der Waals surface area contributed by atoms with Crippen LogP contribution in [0.1, 0.15) is 90.4 Å². The number of carbonyl (C=O) groups is 2. The van der Waals surface area contributed by atoms with E-state index in [0.29, 0.717) is 25.0 Å². The summed E-state index contributed by atoms with van der Waals surface area (Å²) in [6.07, 6.45) is 13.9. The van der Waals surface area contributed by atoms with Crippen LogP contribution in [0.3, 0.4) is 0 Å². The van der Waals surface area contributed by atoms with E-state index < -0.39 is 12.1 Å². The molecule has 0 aromatic carbocycles. The second kappa shape index (κ2) is 12.2. The van der Waals surface area contributed by atoms with Crippen LogP contribution in [0.5, 0.6) is 0 Å². The summed E-state index contributed by atoms with van der Waals surface area (Å²) >= 11 is 0. The molecule has 4 nitrogen and oxygen atoms in total. The standard InChI is InChI=1S/C20H34O4/c1-2-3-4-5-6-8-11-16-14-15-18(21)17(16)12-9-7-10-13-19(22)20(23)24/h14,17,19,22H,2-13,15H2,1H3,(H,23,24)/t17-,19?/m1/s1. The number of Topliss-reactive ketones (excluding diaryl/α,β-unsaturated/α-hetero) is 1. The number of carboxylic acids is 1. The third-order valence-electron chi connectivity index (χ3n) is 4.98. The minimum absolute atomic E-state index is 0.102. The molecule has 2 N–H and O–H groups in total. The molecular weight excluding hydrogens is 304 g/mol. The van der Waals surface area contributed by atoms with Crippen molar-refractivity contribution in [2.45, 2.75) is 96.5 Å². The number of ketones is 1. The van der Waals surface area contributed by atoms with Crippen LogP contribution in [0.2, 0.25) is 0 Å². The molecule has 1 aliphatic rings. The molecule has 1 rings (SSSR count). The number of aliphatic hydroxyl groups excluding tert-OH is 1. The van der Waals surface area contributed by atoms with Gasteiger partial charge in [-0.25, -0.2) is 4.79 Å². The Morgan fingerprint density at radius 3 is 2.50 bits per heavy atom. The van der Waals surface area contributed by atoms with E-state index in [4.69, 9.17) is 5.11 Å². The summed E-state index contributed by atoms with van der Waals surface area (Å²) in [4.78, 5) is 22.6. The maximum absolute atomic E-state index is 12.1. The van der Waals surface area contributed by atoms with Gasteiger partial charge in [-0.05, 0) is 25.7 Å². The van der Waals surface area contributed by atoms with Gasteiger partial charge in [-0.3, -0.25) is 4.79 Å². The summed E-state index contributed by atoms with van der Waals surface area (Å²) in [6, 6.07) is 0. The van der Waals surface area contributed by atoms with Crippen LogP contribution < -0.4 is 0 Å². The van der Waals surface area contributed by atoms with E-state index in [0.717, 1.165) is 25.7 Å². The van der Waals surface area contributed by atoms with E-state index in [9.17, 15) is 14.7 Å². The van der Waals surface area contributed by atoms with Crippen LogP contribution in [-0.2, 0) is 9.59 Å². The molecule has 2 atom stereocenters. The van der Waals surface area contributed by atoms with Crippen LogP contribution in [-0.4, -0.2) is 28.1 Å². The largest absolute Gasteiger partial charge is 0.479 e. The number of carboxylic acid groups (broad SMARTS) is 1. The first-order valence-electron chi connectivity index (χ1n) is 9.68. The first-order valence-corrected chi connectivity index (χ1v) is 9.68. The van der Waals surface area contributed by atoms with Gasteiger partial charge in [0.1, 0.15) is 5.78 Å². The number of hydrogen-bond acceptors (Lipinski definition) is 3. The van der Waals surface area contributed by atoms with Crippen LogP contribution in [0.15, 0.2) is 11.6 Å². The number of aliphatic hydroxyl groups is 1. The highest BCUT2D eigenvalue weighted by Gasteiger charge is 2.26. The highest BCUT2D eigenvalue weighted by molar-refractivity contribution is 5.88. The van der Waals surface area contributed by atoms with Gasteiger partial charge < -0.3 is 10.2 Å². The fraction of sp³-hybridized carbons (Fsp3) is 0.800. The van der Waals surface area contributed by atoms with Crippen molar-refractivity contribution in [3.63, 3.8) is 0 Å². The predicted molar refractivity (Wildman–Crippen MR) is 95.9 cm³/mol. The van der Waals surface area contributed by atoms with Gasteiger partial charge in [0, 0.05) is 12.3 Å². The first-order chi connectivity index (χ1) is 11.6. The van der Waals surface area contributed by atoms with Crippen molar-refractivity contribution in [3.8, 4) is 0 Å². The maximum Gasteiger partial charge on any atom is 0.332 e. The minimum Gasteiger partial charge on any atom is -0.479 e. The number of allylic oxidation sites excluding steroid dienone is 2. The molecule has 4 heteroatoms. The van der Waals surface area contributed by atoms with Crippen molar-refractivity contribution < 1.29 is 19.8 Å². The summed E-state index contributed by atoms with van der Waals surface area (Å²) in [5.41, 5.74) is 1.33. The van der Waals surface area contributed by atoms with E-state index in [1.54, 1.807) is 0 Å². The van der Waals surface area contributed by atoms with Gasteiger partial charge in [0.2, 0.25) is 0 Å². The summed E-state index contributed by atoms with van der Waals surface area (Å²) in [7, 11) is 0. The summed E-state index contributed by atoms with van der Waals surface area (Å²) < 4.78 is 0. The molecule has 0 saturated heterocycles. The molecule has 0 spiro atoms. The molecule has 0 bridgehead atoms. The van der Waals surface area contributed by atoms with Crippen molar-refractivity contribution in [2.75, 3.05) is 0 Å². The lowest BCUT2D eigenvalue weighted by Gasteiger charge is -2.14. The van der Waals surface area contributed by atoms with Gasteiger partial charge >= 0.3 is 5.97 Å². The second-order valence-corrected chi connectivity index (χ2v) is 7.01. The lowest BCUT2D eigenvalue weighted by atomic mass is 9.90. The van der Waals surface area contributed by atoms with Crippen molar-refractivity contribution in [1.29, 1.82) is 0 Å². The number of aliphatic carboxylic acids is 1. The molecule has 0 saturated carbocycles. The number of unbranched alkanes of at least 4 members (excludes halogenated alkanes) is 7. The Labute approximate surface area is 146 Å². The Bertz CT molecular complexity index is 414. The second-order valence-electron chi connectivity index (χ2n) is 7.01. The molecule has 0 aromatic rings. The Balaban J connectivity index is 2.16. The fourth-order valence-electron chi connectivity index (χ4n) is 3.44. The highest BCUT2D eigenvalue weighted by atomic mass is 16.4. The maximum atomic E-state index is 12.1. The number of carbonyl (C=O) groups excluding carboxylic acids is 1. The van der Waals surface area contributed by atoms with E-state index in [1.807, 2.05) is 0 Å². The van der Waals surface area contributed by atoms with Crippen molar-refractivity contribution in [2.24, 2.45) is 5.92 Å². The van der Waals surface area contributed by atoms with Gasteiger partial charge in [0.05, 0.1) is 0 Å². The Kier molecular flexibility index (Phi) is 10.6. The first kappa shape index (κ1) is 20.9. The number of rotatable bonds is 14. The highest BCUT2D eigenvalue weighted by Crippen LogP contribution is 2.31. The summed E-state index contributed by atoms with van der Waals surface area (Å²) in [5, 5.41) is 17.9. The van der Waals surface area contributed by atoms with Crippen molar-refractivity contribution in [1.82, 2.24) is 0 Å². The lowest BCUT2D eigenvalue weighted by Crippen LogP contribution is -2.18. The van der Waals surface area contributed by atoms with Crippen LogP contribution >= 0.6 is 0 Å². The average Bonchev–Trinajstić information content (AvgIpc) is 2.90. The fourth-order valence-corrected chi connectivity index (χ4v) is 3.44. The normalized spacial score (nSPS) is 18.7. The SMILES string of the molecule is CCCCCCCCC1=CCC(=O)[C@@H]1CCCCCC(O)C(=O)O. The molecule has 0 radical (unpaired) electrons. The molecule has 1 unspecified atom stereocenters. The van der Waals surface area contributed by atoms with Crippen LogP contribution in [0, 0.1) is 5.92 Å².